The standard InChI is InChI=1S/C27H26FN5O2/c28-19-7-3-5-17(15-19)13-14-31-27-21(25(26(30)35)23-9-4-10-24(34)32-23)11-12-22(33-27)20-8-2-1-6-18(20)16-29/h1-3,5-8,11-12,15,23,25H,4,9-10,13-14H2,(H2,30,35)(H,31,33)(H,32,34). The molecule has 0 aliphatic carbocycles. The van der Waals surface area contributed by atoms with Gasteiger partial charge in [0.25, 0.3) is 0 Å². The highest BCUT2D eigenvalue weighted by Crippen LogP contribution is 2.33. The third-order valence-electron chi connectivity index (χ3n) is 6.15. The summed E-state index contributed by atoms with van der Waals surface area (Å²) in [5.74, 6) is -1.31. The molecule has 1 fully saturated rings. The minimum absolute atomic E-state index is 0.111. The molecule has 2 unspecified atom stereocenters. The van der Waals surface area contributed by atoms with Gasteiger partial charge in [0.05, 0.1) is 23.2 Å². The molecule has 1 aliphatic rings. The molecule has 4 rings (SSSR count). The lowest BCUT2D eigenvalue weighted by Crippen LogP contribution is -2.46. The van der Waals surface area contributed by atoms with Crippen molar-refractivity contribution in [2.45, 2.75) is 37.6 Å². The molecular weight excluding hydrogens is 445 g/mol. The molecule has 8 heteroatoms. The predicted octanol–water partition coefficient (Wildman–Crippen LogP) is 3.65. The fourth-order valence-electron chi connectivity index (χ4n) is 4.49. The zero-order valence-electron chi connectivity index (χ0n) is 19.1. The van der Waals surface area contributed by atoms with Gasteiger partial charge >= 0.3 is 0 Å². The van der Waals surface area contributed by atoms with Crippen molar-refractivity contribution in [3.8, 4) is 17.3 Å². The Kier molecular flexibility index (Phi) is 7.36. The lowest BCUT2D eigenvalue weighted by atomic mass is 9.85. The van der Waals surface area contributed by atoms with E-state index in [2.05, 4.69) is 16.7 Å². The number of hydrogen-bond acceptors (Lipinski definition) is 5. The summed E-state index contributed by atoms with van der Waals surface area (Å²) in [5.41, 5.74) is 8.91. The molecule has 0 radical (unpaired) electrons. The number of aromatic nitrogens is 1. The summed E-state index contributed by atoms with van der Waals surface area (Å²) in [6, 6.07) is 18.8. The average Bonchev–Trinajstić information content (AvgIpc) is 2.85. The smallest absolute Gasteiger partial charge is 0.227 e. The highest BCUT2D eigenvalue weighted by Gasteiger charge is 2.34. The number of benzene rings is 2. The first kappa shape index (κ1) is 23.9. The number of nitrogens with zero attached hydrogens (tertiary/aromatic N) is 2. The van der Waals surface area contributed by atoms with Crippen LogP contribution in [0.4, 0.5) is 10.2 Å². The zero-order valence-corrected chi connectivity index (χ0v) is 19.1. The molecule has 3 aromatic rings. The first-order valence-corrected chi connectivity index (χ1v) is 11.5. The first-order chi connectivity index (χ1) is 17.0. The van der Waals surface area contributed by atoms with Crippen LogP contribution in [-0.4, -0.2) is 29.4 Å². The van der Waals surface area contributed by atoms with Gasteiger partial charge < -0.3 is 16.4 Å². The van der Waals surface area contributed by atoms with Crippen LogP contribution in [0.5, 0.6) is 0 Å². The van der Waals surface area contributed by atoms with E-state index in [-0.39, 0.29) is 11.7 Å². The molecule has 178 valence electrons. The van der Waals surface area contributed by atoms with Gasteiger partial charge in [-0.2, -0.15) is 5.26 Å². The van der Waals surface area contributed by atoms with Crippen LogP contribution in [0.1, 0.15) is 41.9 Å². The number of nitrogens with one attached hydrogen (secondary N) is 2. The molecule has 2 atom stereocenters. The second-order valence-corrected chi connectivity index (χ2v) is 8.54. The van der Waals surface area contributed by atoms with Crippen molar-refractivity contribution in [1.82, 2.24) is 10.3 Å². The van der Waals surface area contributed by atoms with Gasteiger partial charge in [0.2, 0.25) is 11.8 Å². The average molecular weight is 472 g/mol. The van der Waals surface area contributed by atoms with E-state index in [1.807, 2.05) is 18.2 Å². The number of anilines is 1. The Bertz CT molecular complexity index is 1290. The highest BCUT2D eigenvalue weighted by atomic mass is 19.1. The topological polar surface area (TPSA) is 121 Å². The Morgan fingerprint density at radius 2 is 2.06 bits per heavy atom. The predicted molar refractivity (Wildman–Crippen MR) is 131 cm³/mol. The van der Waals surface area contributed by atoms with E-state index in [0.717, 1.165) is 5.56 Å². The van der Waals surface area contributed by atoms with Gasteiger partial charge in [0, 0.05) is 30.1 Å². The van der Waals surface area contributed by atoms with Gasteiger partial charge in [0.1, 0.15) is 11.6 Å². The number of carbonyl (C=O) groups is 2. The zero-order chi connectivity index (χ0) is 24.8. The van der Waals surface area contributed by atoms with Crippen LogP contribution in [0.2, 0.25) is 0 Å². The number of pyridine rings is 1. The van der Waals surface area contributed by atoms with Gasteiger partial charge in [0.15, 0.2) is 0 Å². The Hall–Kier alpha value is -4.25. The maximum atomic E-state index is 13.6. The molecule has 4 N–H and O–H groups in total. The number of nitrogens with two attached hydrogens (primary N) is 1. The number of nitriles is 1. The van der Waals surface area contributed by atoms with Crippen molar-refractivity contribution in [3.05, 3.63) is 83.2 Å². The summed E-state index contributed by atoms with van der Waals surface area (Å²) in [6.07, 6.45) is 2.24. The van der Waals surface area contributed by atoms with Crippen molar-refractivity contribution >= 4 is 17.6 Å². The van der Waals surface area contributed by atoms with Crippen molar-refractivity contribution in [3.63, 3.8) is 0 Å². The molecule has 0 saturated carbocycles. The van der Waals surface area contributed by atoms with Crippen LogP contribution in [0.15, 0.2) is 60.7 Å². The maximum Gasteiger partial charge on any atom is 0.227 e. The number of rotatable bonds is 8. The summed E-state index contributed by atoms with van der Waals surface area (Å²) < 4.78 is 13.6. The number of piperidine rings is 1. The monoisotopic (exact) mass is 471 g/mol. The molecule has 1 aromatic heterocycles. The maximum absolute atomic E-state index is 13.6. The molecule has 1 aliphatic heterocycles. The third kappa shape index (κ3) is 5.64. The van der Waals surface area contributed by atoms with Gasteiger partial charge in [-0.05, 0) is 49.1 Å². The van der Waals surface area contributed by atoms with E-state index in [1.165, 1.54) is 12.1 Å². The highest BCUT2D eigenvalue weighted by molar-refractivity contribution is 5.87. The molecule has 2 aromatic carbocycles. The van der Waals surface area contributed by atoms with Crippen molar-refractivity contribution in [2.24, 2.45) is 5.73 Å². The molecule has 2 amide bonds. The molecule has 35 heavy (non-hydrogen) atoms. The van der Waals surface area contributed by atoms with Gasteiger partial charge in [-0.1, -0.05) is 36.4 Å². The molecule has 2 heterocycles. The SMILES string of the molecule is N#Cc1ccccc1-c1ccc(C(C(N)=O)C2CCCC(=O)N2)c(NCCc2cccc(F)c2)n1. The minimum atomic E-state index is -0.774. The number of carbonyl (C=O) groups excluding carboxylic acids is 2. The summed E-state index contributed by atoms with van der Waals surface area (Å²) in [7, 11) is 0. The quantitative estimate of drug-likeness (QED) is 0.463. The summed E-state index contributed by atoms with van der Waals surface area (Å²) >= 11 is 0. The Labute approximate surface area is 203 Å². The van der Waals surface area contributed by atoms with Crippen molar-refractivity contribution in [1.29, 1.82) is 5.26 Å². The fourth-order valence-corrected chi connectivity index (χ4v) is 4.49. The lowest BCUT2D eigenvalue weighted by Gasteiger charge is -2.30. The van der Waals surface area contributed by atoms with E-state index < -0.39 is 17.9 Å². The van der Waals surface area contributed by atoms with E-state index in [1.54, 1.807) is 30.3 Å². The Balaban J connectivity index is 1.70. The van der Waals surface area contributed by atoms with Crippen LogP contribution in [0.25, 0.3) is 11.3 Å². The number of halogens is 1. The Morgan fingerprint density at radius 1 is 1.23 bits per heavy atom. The molecule has 0 bridgehead atoms. The van der Waals surface area contributed by atoms with Crippen LogP contribution < -0.4 is 16.4 Å². The fraction of sp³-hybridized carbons (Fsp3) is 0.259. The van der Waals surface area contributed by atoms with Gasteiger partial charge in [-0.15, -0.1) is 0 Å². The second kappa shape index (κ2) is 10.8. The normalized spacial score (nSPS) is 16.1. The number of primary amides is 1. The van der Waals surface area contributed by atoms with Crippen LogP contribution >= 0.6 is 0 Å². The second-order valence-electron chi connectivity index (χ2n) is 8.54. The third-order valence-corrected chi connectivity index (χ3v) is 6.15. The largest absolute Gasteiger partial charge is 0.369 e. The van der Waals surface area contributed by atoms with Crippen LogP contribution in [-0.2, 0) is 16.0 Å². The van der Waals surface area contributed by atoms with E-state index in [9.17, 15) is 19.2 Å². The van der Waals surface area contributed by atoms with Crippen LogP contribution in [0, 0.1) is 17.1 Å². The van der Waals surface area contributed by atoms with Crippen molar-refractivity contribution in [2.75, 3.05) is 11.9 Å². The Morgan fingerprint density at radius 3 is 2.80 bits per heavy atom. The van der Waals surface area contributed by atoms with E-state index >= 15 is 0 Å². The van der Waals surface area contributed by atoms with E-state index in [4.69, 9.17) is 10.7 Å². The minimum Gasteiger partial charge on any atom is -0.369 e. The van der Waals surface area contributed by atoms with Crippen molar-refractivity contribution < 1.29 is 14.0 Å². The molecule has 1 saturated heterocycles. The lowest BCUT2D eigenvalue weighted by molar-refractivity contribution is -0.125. The molecular formula is C27H26FN5O2. The van der Waals surface area contributed by atoms with Gasteiger partial charge in [-0.25, -0.2) is 9.37 Å². The molecule has 0 spiro atoms. The summed E-state index contributed by atoms with van der Waals surface area (Å²) in [6.45, 7) is 0.426. The number of amides is 2. The van der Waals surface area contributed by atoms with E-state index in [0.29, 0.717) is 60.4 Å². The van der Waals surface area contributed by atoms with Gasteiger partial charge in [-0.3, -0.25) is 9.59 Å². The first-order valence-electron chi connectivity index (χ1n) is 11.5. The summed E-state index contributed by atoms with van der Waals surface area (Å²) in [5, 5.41) is 15.7. The number of hydrogen-bond donors (Lipinski definition) is 3. The van der Waals surface area contributed by atoms with Crippen LogP contribution in [0.3, 0.4) is 0 Å². The molecule has 7 nitrogen and oxygen atoms in total. The summed E-state index contributed by atoms with van der Waals surface area (Å²) in [4.78, 5) is 29.4.